The Morgan fingerprint density at radius 1 is 1.03 bits per heavy atom. The molecule has 2 heterocycles. The Hall–Kier alpha value is -4.65. The molecule has 0 unspecified atom stereocenters. The SMILES string of the molecule is C#CCN1C(=O)COc2cc(F)c(N3C(=O)C4=C(CCCC4)C3=O)cc21.NC(=O)NS(=O)(=O)NC(N)=O. The van der Waals surface area contributed by atoms with Crippen molar-refractivity contribution in [1.82, 2.24) is 9.44 Å². The Bertz CT molecular complexity index is 1330. The van der Waals surface area contributed by atoms with Gasteiger partial charge in [-0.05, 0) is 31.7 Å². The molecule has 6 N–H and O–H groups in total. The van der Waals surface area contributed by atoms with E-state index in [-0.39, 0.29) is 36.2 Å². The highest BCUT2D eigenvalue weighted by atomic mass is 32.2. The highest BCUT2D eigenvalue weighted by Crippen LogP contribution is 2.41. The zero-order valence-electron chi connectivity index (χ0n) is 19.1. The molecule has 37 heavy (non-hydrogen) atoms. The molecule has 0 aromatic heterocycles. The molecule has 3 aliphatic rings. The molecular weight excluding hydrogens is 515 g/mol. The summed E-state index contributed by atoms with van der Waals surface area (Å²) in [5, 5.41) is 0. The predicted octanol–water partition coefficient (Wildman–Crippen LogP) is -0.504. The lowest BCUT2D eigenvalue weighted by molar-refractivity contribution is -0.121. The van der Waals surface area contributed by atoms with Crippen LogP contribution in [0.2, 0.25) is 0 Å². The van der Waals surface area contributed by atoms with Gasteiger partial charge in [-0.3, -0.25) is 19.3 Å². The normalized spacial score (nSPS) is 16.6. The maximum absolute atomic E-state index is 14.7. The van der Waals surface area contributed by atoms with Gasteiger partial charge in [-0.1, -0.05) is 5.92 Å². The summed E-state index contributed by atoms with van der Waals surface area (Å²) in [5.41, 5.74) is 9.86. The Morgan fingerprint density at radius 3 is 2.05 bits per heavy atom. The number of hydrogen-bond acceptors (Lipinski definition) is 8. The summed E-state index contributed by atoms with van der Waals surface area (Å²) in [4.78, 5) is 59.4. The second-order valence-corrected chi connectivity index (χ2v) is 9.21. The molecule has 1 aliphatic carbocycles. The Balaban J connectivity index is 0.000000295. The number of benzene rings is 1. The molecule has 14 nitrogen and oxygen atoms in total. The number of urea groups is 2. The first-order chi connectivity index (χ1) is 17.4. The number of halogens is 1. The minimum absolute atomic E-state index is 0.0170. The number of hydrogen-bond donors (Lipinski definition) is 4. The number of nitrogens with one attached hydrogen (secondary N) is 2. The first-order valence-electron chi connectivity index (χ1n) is 10.6. The van der Waals surface area contributed by atoms with Crippen LogP contribution < -0.4 is 35.4 Å². The van der Waals surface area contributed by atoms with Crippen LogP contribution >= 0.6 is 0 Å². The third-order valence-electron chi connectivity index (χ3n) is 5.32. The number of nitrogens with zero attached hydrogens (tertiary/aromatic N) is 2. The van der Waals surface area contributed by atoms with Gasteiger partial charge in [0.2, 0.25) is 0 Å². The molecule has 0 radical (unpaired) electrons. The first-order valence-corrected chi connectivity index (χ1v) is 12.0. The molecular formula is C21H21FN6O8S. The van der Waals surface area contributed by atoms with E-state index in [1.807, 2.05) is 0 Å². The van der Waals surface area contributed by atoms with E-state index < -0.39 is 39.9 Å². The van der Waals surface area contributed by atoms with Crippen molar-refractivity contribution >= 4 is 51.4 Å². The van der Waals surface area contributed by atoms with Crippen LogP contribution in [-0.4, -0.2) is 51.4 Å². The molecule has 0 bridgehead atoms. The molecule has 0 atom stereocenters. The largest absolute Gasteiger partial charge is 0.481 e. The van der Waals surface area contributed by atoms with Crippen LogP contribution in [0.15, 0.2) is 23.3 Å². The Kier molecular flexibility index (Phi) is 7.67. The molecule has 0 fully saturated rings. The van der Waals surface area contributed by atoms with E-state index in [0.29, 0.717) is 24.0 Å². The first kappa shape index (κ1) is 26.9. The summed E-state index contributed by atoms with van der Waals surface area (Å²) in [6, 6.07) is -0.247. The molecule has 1 aromatic carbocycles. The molecule has 0 saturated heterocycles. The van der Waals surface area contributed by atoms with Gasteiger partial charge in [-0.25, -0.2) is 28.3 Å². The van der Waals surface area contributed by atoms with Crippen LogP contribution in [0.4, 0.5) is 25.4 Å². The van der Waals surface area contributed by atoms with E-state index in [0.717, 1.165) is 23.8 Å². The van der Waals surface area contributed by atoms with E-state index in [1.165, 1.54) is 20.4 Å². The number of carbonyl (C=O) groups excluding carboxylic acids is 5. The quantitative estimate of drug-likeness (QED) is 0.290. The summed E-state index contributed by atoms with van der Waals surface area (Å²) in [7, 11) is -4.23. The van der Waals surface area contributed by atoms with Gasteiger partial charge in [-0.15, -0.1) is 6.42 Å². The number of ether oxygens (including phenoxy) is 1. The molecule has 0 saturated carbocycles. The second kappa shape index (κ2) is 10.5. The summed E-state index contributed by atoms with van der Waals surface area (Å²) < 4.78 is 43.3. The zero-order chi connectivity index (χ0) is 27.5. The van der Waals surface area contributed by atoms with E-state index in [4.69, 9.17) is 11.2 Å². The molecule has 196 valence electrons. The minimum atomic E-state index is -4.23. The lowest BCUT2D eigenvalue weighted by Gasteiger charge is -2.29. The summed E-state index contributed by atoms with van der Waals surface area (Å²) in [6.45, 7) is -0.262. The minimum Gasteiger partial charge on any atom is -0.481 e. The molecule has 7 amide bonds. The monoisotopic (exact) mass is 536 g/mol. The fraction of sp³-hybridized carbons (Fsp3) is 0.286. The maximum atomic E-state index is 14.7. The maximum Gasteiger partial charge on any atom is 0.328 e. The third-order valence-corrected chi connectivity index (χ3v) is 6.26. The van der Waals surface area contributed by atoms with Gasteiger partial charge in [-0.2, -0.15) is 8.42 Å². The van der Waals surface area contributed by atoms with Gasteiger partial charge in [0.15, 0.2) is 12.4 Å². The van der Waals surface area contributed by atoms with Crippen molar-refractivity contribution in [1.29, 1.82) is 0 Å². The van der Waals surface area contributed by atoms with Gasteiger partial charge in [0.25, 0.3) is 17.7 Å². The number of carbonyl (C=O) groups is 5. The van der Waals surface area contributed by atoms with Crippen LogP contribution in [0.3, 0.4) is 0 Å². The number of nitrogens with two attached hydrogens (primary N) is 2. The zero-order valence-corrected chi connectivity index (χ0v) is 19.9. The molecule has 0 spiro atoms. The summed E-state index contributed by atoms with van der Waals surface area (Å²) in [5.74, 6) is 0.406. The molecule has 4 rings (SSSR count). The summed E-state index contributed by atoms with van der Waals surface area (Å²) in [6.07, 6.45) is 8.01. The van der Waals surface area contributed by atoms with Crippen molar-refractivity contribution in [2.24, 2.45) is 11.5 Å². The van der Waals surface area contributed by atoms with Gasteiger partial charge in [0, 0.05) is 17.2 Å². The average Bonchev–Trinajstić information content (AvgIpc) is 3.04. The van der Waals surface area contributed by atoms with Crippen LogP contribution in [0.1, 0.15) is 25.7 Å². The van der Waals surface area contributed by atoms with Gasteiger partial charge < -0.3 is 16.2 Å². The lowest BCUT2D eigenvalue weighted by atomic mass is 9.93. The van der Waals surface area contributed by atoms with Crippen LogP contribution in [0.25, 0.3) is 0 Å². The van der Waals surface area contributed by atoms with Gasteiger partial charge in [0.05, 0.1) is 17.9 Å². The van der Waals surface area contributed by atoms with Crippen molar-refractivity contribution in [3.05, 3.63) is 29.1 Å². The lowest BCUT2D eigenvalue weighted by Crippen LogP contribution is -2.46. The molecule has 1 aromatic rings. The Labute approximate surface area is 209 Å². The van der Waals surface area contributed by atoms with Crippen molar-refractivity contribution in [2.45, 2.75) is 25.7 Å². The average molecular weight is 536 g/mol. The van der Waals surface area contributed by atoms with E-state index in [2.05, 4.69) is 17.4 Å². The number of amides is 7. The topological polar surface area (TPSA) is 211 Å². The Morgan fingerprint density at radius 2 is 1.57 bits per heavy atom. The number of rotatable bonds is 4. The van der Waals surface area contributed by atoms with Crippen LogP contribution in [0, 0.1) is 18.2 Å². The van der Waals surface area contributed by atoms with Gasteiger partial charge >= 0.3 is 22.3 Å². The van der Waals surface area contributed by atoms with Crippen molar-refractivity contribution < 1.29 is 41.5 Å². The number of anilines is 2. The standard InChI is InChI=1S/C19H15FN2O4.C2H6N4O4S/c1-2-7-21-15-9-14(13(20)8-16(15)26-10-17(21)23)22-18(24)11-5-3-4-6-12(11)19(22)25;3-1(7)5-11(9,10)6-2(4)8/h1,8-9H,3-7,10H2;(H3,3,5,7)(H3,4,6,8). The van der Waals surface area contributed by atoms with E-state index >= 15 is 0 Å². The highest BCUT2D eigenvalue weighted by Gasteiger charge is 2.41. The second-order valence-electron chi connectivity index (χ2n) is 7.79. The molecule has 2 aliphatic heterocycles. The predicted molar refractivity (Wildman–Crippen MR) is 125 cm³/mol. The number of imide groups is 1. The number of fused-ring (bicyclic) bond motifs is 1. The van der Waals surface area contributed by atoms with Crippen molar-refractivity contribution in [3.63, 3.8) is 0 Å². The van der Waals surface area contributed by atoms with Crippen LogP contribution in [0.5, 0.6) is 5.75 Å². The van der Waals surface area contributed by atoms with E-state index in [9.17, 15) is 36.8 Å². The fourth-order valence-electron chi connectivity index (χ4n) is 3.90. The van der Waals surface area contributed by atoms with E-state index in [1.54, 1.807) is 0 Å². The fourth-order valence-corrected chi connectivity index (χ4v) is 4.48. The van der Waals surface area contributed by atoms with Crippen LogP contribution in [-0.2, 0) is 24.6 Å². The van der Waals surface area contributed by atoms with Gasteiger partial charge in [0.1, 0.15) is 5.75 Å². The van der Waals surface area contributed by atoms with Crippen molar-refractivity contribution in [3.8, 4) is 18.1 Å². The van der Waals surface area contributed by atoms with Crippen molar-refractivity contribution in [2.75, 3.05) is 23.0 Å². The smallest absolute Gasteiger partial charge is 0.328 e. The summed E-state index contributed by atoms with van der Waals surface area (Å²) >= 11 is 0. The molecule has 16 heteroatoms. The number of primary amides is 2. The number of terminal acetylenes is 1. The third kappa shape index (κ3) is 5.78. The highest BCUT2D eigenvalue weighted by molar-refractivity contribution is 7.88.